The molecule has 0 aliphatic carbocycles. The molecule has 0 aliphatic heterocycles. The Morgan fingerprint density at radius 2 is 2.21 bits per heavy atom. The number of nitrogen functional groups attached to an aromatic ring is 1. The third-order valence-electron chi connectivity index (χ3n) is 1.83. The predicted molar refractivity (Wildman–Crippen MR) is 59.2 cm³/mol. The summed E-state index contributed by atoms with van der Waals surface area (Å²) >= 11 is 3.34. The van der Waals surface area contributed by atoms with Gasteiger partial charge in [0.2, 0.25) is 0 Å². The zero-order valence-electron chi connectivity index (χ0n) is 8.13. The van der Waals surface area contributed by atoms with Gasteiger partial charge >= 0.3 is 5.97 Å². The number of ether oxygens (including phenoxy) is 1. The topological polar surface area (TPSA) is 52.3 Å². The Labute approximate surface area is 91.4 Å². The number of carbonyl (C=O) groups is 1. The molecular formula is C10H12BrNO2. The second kappa shape index (κ2) is 4.46. The molecule has 0 fully saturated rings. The second-order valence-corrected chi connectivity index (χ2v) is 3.76. The number of carbonyl (C=O) groups excluding carboxylic acids is 1. The molecule has 0 spiro atoms. The van der Waals surface area contributed by atoms with E-state index in [1.807, 2.05) is 6.92 Å². The SMILES string of the molecule is CCOC(=O)c1cc(Br)c(C)cc1N. The van der Waals surface area contributed by atoms with Crippen LogP contribution in [-0.2, 0) is 4.74 Å². The Bertz CT molecular complexity index is 363. The molecule has 0 aliphatic rings. The summed E-state index contributed by atoms with van der Waals surface area (Å²) in [6.45, 7) is 4.02. The van der Waals surface area contributed by atoms with Crippen molar-refractivity contribution in [3.63, 3.8) is 0 Å². The highest BCUT2D eigenvalue weighted by Gasteiger charge is 2.12. The Kier molecular flexibility index (Phi) is 3.52. The molecule has 0 heterocycles. The lowest BCUT2D eigenvalue weighted by Gasteiger charge is -2.07. The largest absolute Gasteiger partial charge is 0.462 e. The molecule has 2 N–H and O–H groups in total. The molecule has 0 unspecified atom stereocenters. The molecule has 0 amide bonds. The summed E-state index contributed by atoms with van der Waals surface area (Å²) in [4.78, 5) is 11.4. The standard InChI is InChI=1S/C10H12BrNO2/c1-3-14-10(13)7-5-8(11)6(2)4-9(7)12/h4-5H,3,12H2,1-2H3. The van der Waals surface area contributed by atoms with Crippen LogP contribution in [0.3, 0.4) is 0 Å². The molecule has 0 radical (unpaired) electrons. The zero-order valence-corrected chi connectivity index (χ0v) is 9.72. The van der Waals surface area contributed by atoms with Crippen molar-refractivity contribution in [3.8, 4) is 0 Å². The minimum Gasteiger partial charge on any atom is -0.462 e. The van der Waals surface area contributed by atoms with Gasteiger partial charge in [0.05, 0.1) is 12.2 Å². The van der Waals surface area contributed by atoms with E-state index in [0.717, 1.165) is 10.0 Å². The van der Waals surface area contributed by atoms with Gasteiger partial charge in [-0.3, -0.25) is 0 Å². The molecule has 76 valence electrons. The summed E-state index contributed by atoms with van der Waals surface area (Å²) < 4.78 is 5.72. The third-order valence-corrected chi connectivity index (χ3v) is 2.68. The van der Waals surface area contributed by atoms with E-state index in [2.05, 4.69) is 15.9 Å². The Balaban J connectivity index is 3.09. The molecule has 4 heteroatoms. The number of benzene rings is 1. The van der Waals surface area contributed by atoms with Gasteiger partial charge in [-0.25, -0.2) is 4.79 Å². The minimum absolute atomic E-state index is 0.351. The fraction of sp³-hybridized carbons (Fsp3) is 0.300. The number of rotatable bonds is 2. The van der Waals surface area contributed by atoms with Crippen LogP contribution in [0.1, 0.15) is 22.8 Å². The van der Waals surface area contributed by atoms with Crippen LogP contribution in [0.15, 0.2) is 16.6 Å². The lowest BCUT2D eigenvalue weighted by Crippen LogP contribution is -2.08. The summed E-state index contributed by atoms with van der Waals surface area (Å²) in [5.74, 6) is -0.384. The van der Waals surface area contributed by atoms with E-state index < -0.39 is 0 Å². The Morgan fingerprint density at radius 3 is 2.79 bits per heavy atom. The molecule has 14 heavy (non-hydrogen) atoms. The van der Waals surface area contributed by atoms with Gasteiger partial charge in [-0.1, -0.05) is 15.9 Å². The number of halogens is 1. The van der Waals surface area contributed by atoms with E-state index >= 15 is 0 Å². The number of hydrogen-bond donors (Lipinski definition) is 1. The first-order valence-electron chi connectivity index (χ1n) is 4.29. The monoisotopic (exact) mass is 257 g/mol. The van der Waals surface area contributed by atoms with Crippen LogP contribution in [-0.4, -0.2) is 12.6 Å². The molecule has 0 saturated heterocycles. The molecule has 0 aromatic heterocycles. The number of aryl methyl sites for hydroxylation is 1. The first kappa shape index (κ1) is 11.0. The highest BCUT2D eigenvalue weighted by Crippen LogP contribution is 2.23. The van der Waals surface area contributed by atoms with E-state index in [0.29, 0.717) is 17.9 Å². The molecule has 1 aromatic rings. The summed E-state index contributed by atoms with van der Waals surface area (Å²) in [7, 11) is 0. The quantitative estimate of drug-likeness (QED) is 0.655. The van der Waals surface area contributed by atoms with Crippen LogP contribution in [0.4, 0.5) is 5.69 Å². The Hall–Kier alpha value is -1.03. The van der Waals surface area contributed by atoms with Crippen molar-refractivity contribution in [1.29, 1.82) is 0 Å². The molecular weight excluding hydrogens is 246 g/mol. The van der Waals surface area contributed by atoms with Crippen LogP contribution in [0.5, 0.6) is 0 Å². The highest BCUT2D eigenvalue weighted by molar-refractivity contribution is 9.10. The van der Waals surface area contributed by atoms with Crippen LogP contribution >= 0.6 is 15.9 Å². The summed E-state index contributed by atoms with van der Waals surface area (Å²) in [5.41, 5.74) is 7.55. The van der Waals surface area contributed by atoms with Gasteiger partial charge in [-0.15, -0.1) is 0 Å². The lowest BCUT2D eigenvalue weighted by molar-refractivity contribution is 0.0527. The fourth-order valence-corrected chi connectivity index (χ4v) is 1.43. The first-order chi connectivity index (χ1) is 6.56. The highest BCUT2D eigenvalue weighted by atomic mass is 79.9. The van der Waals surface area contributed by atoms with Gasteiger partial charge in [0.15, 0.2) is 0 Å². The normalized spacial score (nSPS) is 9.93. The molecule has 0 saturated carbocycles. The van der Waals surface area contributed by atoms with Crippen molar-refractivity contribution >= 4 is 27.6 Å². The average Bonchev–Trinajstić information content (AvgIpc) is 2.11. The van der Waals surface area contributed by atoms with Crippen molar-refractivity contribution in [2.24, 2.45) is 0 Å². The second-order valence-electron chi connectivity index (χ2n) is 2.91. The van der Waals surface area contributed by atoms with Gasteiger partial charge in [0, 0.05) is 10.2 Å². The third kappa shape index (κ3) is 2.26. The fourth-order valence-electron chi connectivity index (χ4n) is 1.09. The van der Waals surface area contributed by atoms with Crippen LogP contribution in [0.2, 0.25) is 0 Å². The van der Waals surface area contributed by atoms with E-state index in [1.54, 1.807) is 19.1 Å². The summed E-state index contributed by atoms with van der Waals surface area (Å²) in [6.07, 6.45) is 0. The first-order valence-corrected chi connectivity index (χ1v) is 5.08. The van der Waals surface area contributed by atoms with Crippen molar-refractivity contribution in [3.05, 3.63) is 27.7 Å². The number of anilines is 1. The van der Waals surface area contributed by atoms with Gasteiger partial charge < -0.3 is 10.5 Å². The average molecular weight is 258 g/mol. The number of nitrogens with two attached hydrogens (primary N) is 1. The van der Waals surface area contributed by atoms with Gasteiger partial charge in [-0.05, 0) is 31.5 Å². The van der Waals surface area contributed by atoms with E-state index in [-0.39, 0.29) is 5.97 Å². The van der Waals surface area contributed by atoms with E-state index in [1.165, 1.54) is 0 Å². The van der Waals surface area contributed by atoms with Gasteiger partial charge in [0.25, 0.3) is 0 Å². The van der Waals surface area contributed by atoms with Crippen molar-refractivity contribution in [2.75, 3.05) is 12.3 Å². The summed E-state index contributed by atoms with van der Waals surface area (Å²) in [5, 5.41) is 0. The maximum absolute atomic E-state index is 11.4. The number of hydrogen-bond acceptors (Lipinski definition) is 3. The Morgan fingerprint density at radius 1 is 1.57 bits per heavy atom. The van der Waals surface area contributed by atoms with Crippen molar-refractivity contribution < 1.29 is 9.53 Å². The van der Waals surface area contributed by atoms with Gasteiger partial charge in [-0.2, -0.15) is 0 Å². The molecule has 1 aromatic carbocycles. The van der Waals surface area contributed by atoms with Crippen LogP contribution in [0.25, 0.3) is 0 Å². The number of esters is 1. The molecule has 0 atom stereocenters. The maximum atomic E-state index is 11.4. The van der Waals surface area contributed by atoms with E-state index in [4.69, 9.17) is 10.5 Å². The summed E-state index contributed by atoms with van der Waals surface area (Å²) in [6, 6.07) is 3.43. The van der Waals surface area contributed by atoms with Crippen molar-refractivity contribution in [2.45, 2.75) is 13.8 Å². The molecule has 0 bridgehead atoms. The molecule has 3 nitrogen and oxygen atoms in total. The molecule has 1 rings (SSSR count). The van der Waals surface area contributed by atoms with Gasteiger partial charge in [0.1, 0.15) is 0 Å². The maximum Gasteiger partial charge on any atom is 0.340 e. The van der Waals surface area contributed by atoms with E-state index in [9.17, 15) is 4.79 Å². The van der Waals surface area contributed by atoms with Crippen LogP contribution < -0.4 is 5.73 Å². The van der Waals surface area contributed by atoms with Crippen molar-refractivity contribution in [1.82, 2.24) is 0 Å². The lowest BCUT2D eigenvalue weighted by atomic mass is 10.1. The van der Waals surface area contributed by atoms with Crippen LogP contribution in [0, 0.1) is 6.92 Å². The zero-order chi connectivity index (χ0) is 10.7. The smallest absolute Gasteiger partial charge is 0.340 e. The predicted octanol–water partition coefficient (Wildman–Crippen LogP) is 2.52. The minimum atomic E-state index is -0.384.